The molecule has 0 unspecified atom stereocenters. The molecule has 0 spiro atoms. The summed E-state index contributed by atoms with van der Waals surface area (Å²) in [4.78, 5) is 10.8. The largest absolute Gasteiger partial charge is 0.478 e. The van der Waals surface area contributed by atoms with Gasteiger partial charge in [-0.1, -0.05) is 18.2 Å². The minimum absolute atomic E-state index is 0.0806. The SMILES string of the molecule is Nc1ccc(C=CCCO)cc1C(=O)O. The van der Waals surface area contributed by atoms with Crippen LogP contribution in [0.1, 0.15) is 22.3 Å². The van der Waals surface area contributed by atoms with Crippen molar-refractivity contribution >= 4 is 17.7 Å². The Morgan fingerprint density at radius 3 is 2.80 bits per heavy atom. The average molecular weight is 207 g/mol. The van der Waals surface area contributed by atoms with Crippen LogP contribution in [0.2, 0.25) is 0 Å². The standard InChI is InChI=1S/C11H13NO3/c12-10-5-4-8(3-1-2-6-13)7-9(10)11(14)15/h1,3-5,7,13H,2,6,12H2,(H,14,15). The first-order valence-corrected chi connectivity index (χ1v) is 4.55. The molecule has 4 heteroatoms. The Hall–Kier alpha value is -1.81. The molecule has 0 fully saturated rings. The molecule has 0 bridgehead atoms. The van der Waals surface area contributed by atoms with E-state index in [-0.39, 0.29) is 17.9 Å². The van der Waals surface area contributed by atoms with Gasteiger partial charge in [-0.25, -0.2) is 4.79 Å². The van der Waals surface area contributed by atoms with E-state index in [1.807, 2.05) is 0 Å². The molecule has 1 rings (SSSR count). The lowest BCUT2D eigenvalue weighted by atomic mass is 10.1. The van der Waals surface area contributed by atoms with Gasteiger partial charge in [0.15, 0.2) is 0 Å². The number of anilines is 1. The van der Waals surface area contributed by atoms with E-state index >= 15 is 0 Å². The Bertz CT molecular complexity index is 385. The summed E-state index contributed by atoms with van der Waals surface area (Å²) in [5.41, 5.74) is 6.61. The van der Waals surface area contributed by atoms with Crippen molar-refractivity contribution in [1.29, 1.82) is 0 Å². The predicted molar refractivity (Wildman–Crippen MR) is 58.6 cm³/mol. The summed E-state index contributed by atoms with van der Waals surface area (Å²) in [7, 11) is 0. The zero-order valence-corrected chi connectivity index (χ0v) is 8.18. The fraction of sp³-hybridized carbons (Fsp3) is 0.182. The van der Waals surface area contributed by atoms with E-state index in [0.717, 1.165) is 5.56 Å². The highest BCUT2D eigenvalue weighted by Crippen LogP contribution is 2.15. The van der Waals surface area contributed by atoms with Gasteiger partial charge in [-0.05, 0) is 24.1 Å². The molecule has 1 aromatic rings. The molecule has 0 aliphatic rings. The van der Waals surface area contributed by atoms with Gasteiger partial charge in [-0.2, -0.15) is 0 Å². The van der Waals surface area contributed by atoms with Gasteiger partial charge in [-0.15, -0.1) is 0 Å². The summed E-state index contributed by atoms with van der Waals surface area (Å²) >= 11 is 0. The highest BCUT2D eigenvalue weighted by atomic mass is 16.4. The molecule has 0 aromatic heterocycles. The number of aromatic carboxylic acids is 1. The molecule has 15 heavy (non-hydrogen) atoms. The molecule has 80 valence electrons. The summed E-state index contributed by atoms with van der Waals surface area (Å²) in [6, 6.07) is 4.79. The number of hydrogen-bond donors (Lipinski definition) is 3. The van der Waals surface area contributed by atoms with Gasteiger partial charge in [0.25, 0.3) is 0 Å². The number of hydrogen-bond acceptors (Lipinski definition) is 3. The van der Waals surface area contributed by atoms with Gasteiger partial charge >= 0.3 is 5.97 Å². The van der Waals surface area contributed by atoms with Crippen molar-refractivity contribution < 1.29 is 15.0 Å². The van der Waals surface area contributed by atoms with Crippen molar-refractivity contribution in [3.63, 3.8) is 0 Å². The van der Waals surface area contributed by atoms with Crippen molar-refractivity contribution in [3.05, 3.63) is 35.4 Å². The topological polar surface area (TPSA) is 83.5 Å². The van der Waals surface area contributed by atoms with E-state index in [1.54, 1.807) is 24.3 Å². The number of aliphatic hydroxyl groups is 1. The third kappa shape index (κ3) is 3.11. The zero-order valence-electron chi connectivity index (χ0n) is 8.18. The molecule has 0 atom stereocenters. The Labute approximate surface area is 87.7 Å². The highest BCUT2D eigenvalue weighted by molar-refractivity contribution is 5.94. The Morgan fingerprint density at radius 2 is 2.20 bits per heavy atom. The van der Waals surface area contributed by atoms with E-state index in [2.05, 4.69) is 0 Å². The first-order chi connectivity index (χ1) is 7.15. The molecular formula is C11H13NO3. The van der Waals surface area contributed by atoms with Crippen molar-refractivity contribution in [2.24, 2.45) is 0 Å². The number of aliphatic hydroxyl groups excluding tert-OH is 1. The Kier molecular flexibility index (Phi) is 3.88. The summed E-state index contributed by atoms with van der Waals surface area (Å²) in [5.74, 6) is -1.04. The third-order valence-corrected chi connectivity index (χ3v) is 1.91. The van der Waals surface area contributed by atoms with Crippen LogP contribution >= 0.6 is 0 Å². The second kappa shape index (κ2) is 5.17. The molecule has 0 aliphatic carbocycles. The number of carboxylic acids is 1. The smallest absolute Gasteiger partial charge is 0.337 e. The van der Waals surface area contributed by atoms with Gasteiger partial charge < -0.3 is 15.9 Å². The number of nitrogens with two attached hydrogens (primary N) is 1. The molecule has 4 nitrogen and oxygen atoms in total. The number of carbonyl (C=O) groups is 1. The molecule has 0 radical (unpaired) electrons. The molecule has 0 amide bonds. The second-order valence-electron chi connectivity index (χ2n) is 3.07. The minimum atomic E-state index is -1.04. The van der Waals surface area contributed by atoms with Gasteiger partial charge in [-0.3, -0.25) is 0 Å². The van der Waals surface area contributed by atoms with Gasteiger partial charge in [0.05, 0.1) is 5.56 Å². The summed E-state index contributed by atoms with van der Waals surface area (Å²) in [6.45, 7) is 0.0806. The van der Waals surface area contributed by atoms with Crippen LogP contribution in [-0.2, 0) is 0 Å². The van der Waals surface area contributed by atoms with Crippen LogP contribution in [0, 0.1) is 0 Å². The molecule has 1 aromatic carbocycles. The van der Waals surface area contributed by atoms with Gasteiger partial charge in [0.1, 0.15) is 0 Å². The molecule has 4 N–H and O–H groups in total. The van der Waals surface area contributed by atoms with E-state index in [9.17, 15) is 4.79 Å². The van der Waals surface area contributed by atoms with Crippen LogP contribution in [-0.4, -0.2) is 22.8 Å². The first-order valence-electron chi connectivity index (χ1n) is 4.55. The van der Waals surface area contributed by atoms with E-state index < -0.39 is 5.97 Å². The number of benzene rings is 1. The van der Waals surface area contributed by atoms with Crippen molar-refractivity contribution in [1.82, 2.24) is 0 Å². The molecular weight excluding hydrogens is 194 g/mol. The average Bonchev–Trinajstić information content (AvgIpc) is 2.20. The maximum Gasteiger partial charge on any atom is 0.337 e. The quantitative estimate of drug-likeness (QED) is 0.651. The summed E-state index contributed by atoms with van der Waals surface area (Å²) < 4.78 is 0. The zero-order chi connectivity index (χ0) is 11.3. The highest BCUT2D eigenvalue weighted by Gasteiger charge is 2.06. The van der Waals surface area contributed by atoms with Crippen LogP contribution in [0.5, 0.6) is 0 Å². The summed E-state index contributed by atoms with van der Waals surface area (Å²) in [6.07, 6.45) is 4.08. The lowest BCUT2D eigenvalue weighted by molar-refractivity contribution is 0.0698. The van der Waals surface area contributed by atoms with Crippen molar-refractivity contribution in [2.45, 2.75) is 6.42 Å². The van der Waals surface area contributed by atoms with Gasteiger partial charge in [0, 0.05) is 12.3 Å². The second-order valence-corrected chi connectivity index (χ2v) is 3.07. The first kappa shape index (κ1) is 11.3. The fourth-order valence-electron chi connectivity index (χ4n) is 1.16. The lowest BCUT2D eigenvalue weighted by Gasteiger charge is -2.01. The number of rotatable bonds is 4. The van der Waals surface area contributed by atoms with Crippen LogP contribution in [0.25, 0.3) is 6.08 Å². The van der Waals surface area contributed by atoms with Crippen LogP contribution in [0.3, 0.4) is 0 Å². The molecule has 0 saturated carbocycles. The Morgan fingerprint density at radius 1 is 1.47 bits per heavy atom. The maximum absolute atomic E-state index is 10.8. The summed E-state index contributed by atoms with van der Waals surface area (Å²) in [5, 5.41) is 17.4. The van der Waals surface area contributed by atoms with Crippen molar-refractivity contribution in [2.75, 3.05) is 12.3 Å². The van der Waals surface area contributed by atoms with E-state index in [4.69, 9.17) is 15.9 Å². The third-order valence-electron chi connectivity index (χ3n) is 1.91. The van der Waals surface area contributed by atoms with E-state index in [1.165, 1.54) is 6.07 Å². The molecule has 0 aliphatic heterocycles. The van der Waals surface area contributed by atoms with Crippen molar-refractivity contribution in [3.8, 4) is 0 Å². The molecule has 0 saturated heterocycles. The number of carboxylic acid groups (broad SMARTS) is 1. The van der Waals surface area contributed by atoms with Crippen LogP contribution < -0.4 is 5.73 Å². The lowest BCUT2D eigenvalue weighted by Crippen LogP contribution is -2.02. The van der Waals surface area contributed by atoms with Gasteiger partial charge in [0.2, 0.25) is 0 Å². The maximum atomic E-state index is 10.8. The fourth-order valence-corrected chi connectivity index (χ4v) is 1.16. The molecule has 0 heterocycles. The predicted octanol–water partition coefficient (Wildman–Crippen LogP) is 1.36. The van der Waals surface area contributed by atoms with Crippen LogP contribution in [0.4, 0.5) is 5.69 Å². The Balaban J connectivity index is 2.92. The monoisotopic (exact) mass is 207 g/mol. The van der Waals surface area contributed by atoms with Crippen LogP contribution in [0.15, 0.2) is 24.3 Å². The minimum Gasteiger partial charge on any atom is -0.478 e. The van der Waals surface area contributed by atoms with E-state index in [0.29, 0.717) is 6.42 Å². The number of nitrogen functional groups attached to an aromatic ring is 1. The normalized spacial score (nSPS) is 10.7.